The zero-order chi connectivity index (χ0) is 18.9. The van der Waals surface area contributed by atoms with Crippen molar-refractivity contribution < 1.29 is 18.0 Å². The van der Waals surface area contributed by atoms with Crippen LogP contribution in [0.4, 0.5) is 18.9 Å². The molecular weight excluding hydrogens is 339 g/mol. The number of aromatic nitrogens is 2. The summed E-state index contributed by atoms with van der Waals surface area (Å²) in [6.07, 6.45) is -4.80. The van der Waals surface area contributed by atoms with Gasteiger partial charge in [0.05, 0.1) is 6.54 Å². The molecule has 0 radical (unpaired) electrons. The van der Waals surface area contributed by atoms with Crippen LogP contribution in [-0.4, -0.2) is 15.0 Å². The Hall–Kier alpha value is -2.84. The fraction of sp³-hybridized carbons (Fsp3) is 0.312. The molecule has 0 aliphatic carbocycles. The lowest BCUT2D eigenvalue weighted by atomic mass is 10.1. The van der Waals surface area contributed by atoms with Gasteiger partial charge in [-0.1, -0.05) is 12.1 Å². The van der Waals surface area contributed by atoms with Crippen LogP contribution in [0, 0.1) is 6.92 Å². The molecule has 1 aromatic carbocycles. The van der Waals surface area contributed by atoms with Crippen molar-refractivity contribution in [3.63, 3.8) is 0 Å². The van der Waals surface area contributed by atoms with Crippen LogP contribution in [0.3, 0.4) is 0 Å². The number of hydrogen-bond acceptors (Lipinski definition) is 3. The predicted molar refractivity (Wildman–Crippen MR) is 85.5 cm³/mol. The first-order chi connectivity index (χ1) is 11.5. The summed E-state index contributed by atoms with van der Waals surface area (Å²) in [5.74, 6) is -0.289. The molecule has 0 fully saturated rings. The first-order valence-electron chi connectivity index (χ1n) is 7.26. The molecule has 2 rings (SSSR count). The Labute approximate surface area is 140 Å². The molecular formula is C16H16F3N3O3. The number of amides is 1. The number of hydrogen-bond donors (Lipinski definition) is 1. The van der Waals surface area contributed by atoms with Crippen LogP contribution in [-0.2, 0) is 24.6 Å². The number of rotatable bonds is 3. The van der Waals surface area contributed by atoms with Crippen molar-refractivity contribution in [1.82, 2.24) is 9.13 Å². The molecule has 1 amide bonds. The number of carbonyl (C=O) groups excluding carboxylic acids is 1. The van der Waals surface area contributed by atoms with Gasteiger partial charge in [-0.15, -0.1) is 0 Å². The van der Waals surface area contributed by atoms with E-state index in [2.05, 4.69) is 5.32 Å². The van der Waals surface area contributed by atoms with Crippen LogP contribution in [0.5, 0.6) is 0 Å². The van der Waals surface area contributed by atoms with E-state index in [1.54, 1.807) is 25.1 Å². The average molecular weight is 355 g/mol. The summed E-state index contributed by atoms with van der Waals surface area (Å²) < 4.78 is 39.7. The Balaban J connectivity index is 2.53. The van der Waals surface area contributed by atoms with Crippen LogP contribution in [0.25, 0.3) is 0 Å². The Morgan fingerprint density at radius 1 is 1.24 bits per heavy atom. The standard InChI is InChI=1S/C16H16F3N3O3/c1-9-11(5-4-6-12(9)20-10(2)23)8-22-14(24)7-13(16(17,18)19)21(3)15(22)25/h4-7H,8H2,1-3H3,(H,20,23). The van der Waals surface area contributed by atoms with Crippen molar-refractivity contribution in [3.05, 3.63) is 61.9 Å². The molecule has 134 valence electrons. The average Bonchev–Trinajstić information content (AvgIpc) is 2.49. The zero-order valence-electron chi connectivity index (χ0n) is 13.8. The van der Waals surface area contributed by atoms with E-state index in [1.807, 2.05) is 0 Å². The Morgan fingerprint density at radius 3 is 2.44 bits per heavy atom. The van der Waals surface area contributed by atoms with Gasteiger partial charge in [0.25, 0.3) is 5.56 Å². The number of nitrogens with zero attached hydrogens (tertiary/aromatic N) is 2. The summed E-state index contributed by atoms with van der Waals surface area (Å²) in [4.78, 5) is 35.4. The second-order valence-corrected chi connectivity index (χ2v) is 5.56. The molecule has 0 saturated carbocycles. The van der Waals surface area contributed by atoms with Gasteiger partial charge in [-0.05, 0) is 24.1 Å². The summed E-state index contributed by atoms with van der Waals surface area (Å²) >= 11 is 0. The number of carbonyl (C=O) groups is 1. The molecule has 6 nitrogen and oxygen atoms in total. The molecule has 0 spiro atoms. The SMILES string of the molecule is CC(=O)Nc1cccc(Cn2c(=O)cc(C(F)(F)F)n(C)c2=O)c1C. The normalized spacial score (nSPS) is 11.4. The third kappa shape index (κ3) is 3.81. The molecule has 9 heteroatoms. The van der Waals surface area contributed by atoms with Crippen molar-refractivity contribution in [1.29, 1.82) is 0 Å². The molecule has 2 aromatic rings. The molecule has 0 bridgehead atoms. The molecule has 0 saturated heterocycles. The van der Waals surface area contributed by atoms with Crippen molar-refractivity contribution in [2.75, 3.05) is 5.32 Å². The first kappa shape index (κ1) is 18.5. The summed E-state index contributed by atoms with van der Waals surface area (Å²) in [7, 11) is 0.960. The second-order valence-electron chi connectivity index (χ2n) is 5.56. The van der Waals surface area contributed by atoms with E-state index < -0.39 is 23.1 Å². The molecule has 1 aromatic heterocycles. The van der Waals surface area contributed by atoms with E-state index in [9.17, 15) is 27.6 Å². The molecule has 0 aliphatic heterocycles. The minimum Gasteiger partial charge on any atom is -0.326 e. The van der Waals surface area contributed by atoms with Gasteiger partial charge in [0.1, 0.15) is 5.69 Å². The molecule has 1 N–H and O–H groups in total. The quantitative estimate of drug-likeness (QED) is 0.914. The highest BCUT2D eigenvalue weighted by Crippen LogP contribution is 2.27. The molecule has 0 unspecified atom stereocenters. The summed E-state index contributed by atoms with van der Waals surface area (Å²) in [5.41, 5.74) is -1.76. The lowest BCUT2D eigenvalue weighted by molar-refractivity contribution is -0.144. The van der Waals surface area contributed by atoms with Gasteiger partial charge in [0.2, 0.25) is 5.91 Å². The van der Waals surface area contributed by atoms with Gasteiger partial charge in [0, 0.05) is 25.7 Å². The number of halogens is 3. The summed E-state index contributed by atoms with van der Waals surface area (Å²) in [5, 5.41) is 2.61. The smallest absolute Gasteiger partial charge is 0.326 e. The van der Waals surface area contributed by atoms with Gasteiger partial charge in [0.15, 0.2) is 0 Å². The fourth-order valence-corrected chi connectivity index (χ4v) is 2.44. The van der Waals surface area contributed by atoms with Gasteiger partial charge < -0.3 is 5.32 Å². The zero-order valence-corrected chi connectivity index (χ0v) is 13.8. The highest BCUT2D eigenvalue weighted by molar-refractivity contribution is 5.89. The van der Waals surface area contributed by atoms with E-state index in [-0.39, 0.29) is 12.5 Å². The van der Waals surface area contributed by atoms with Crippen LogP contribution in [0.15, 0.2) is 33.9 Å². The van der Waals surface area contributed by atoms with E-state index in [1.165, 1.54) is 6.92 Å². The van der Waals surface area contributed by atoms with E-state index >= 15 is 0 Å². The largest absolute Gasteiger partial charge is 0.431 e. The number of alkyl halides is 3. The van der Waals surface area contributed by atoms with Crippen LogP contribution < -0.4 is 16.6 Å². The second kappa shape index (κ2) is 6.58. The minimum absolute atomic E-state index is 0.205. The molecule has 25 heavy (non-hydrogen) atoms. The van der Waals surface area contributed by atoms with Gasteiger partial charge in [-0.2, -0.15) is 13.2 Å². The maximum absolute atomic E-state index is 12.9. The van der Waals surface area contributed by atoms with E-state index in [4.69, 9.17) is 0 Å². The maximum atomic E-state index is 12.9. The number of anilines is 1. The predicted octanol–water partition coefficient (Wildman–Crippen LogP) is 1.88. The van der Waals surface area contributed by atoms with Crippen LogP contribution in [0.1, 0.15) is 23.7 Å². The Kier molecular flexibility index (Phi) is 4.87. The fourth-order valence-electron chi connectivity index (χ4n) is 2.44. The summed E-state index contributed by atoms with van der Waals surface area (Å²) in [6.45, 7) is 2.81. The van der Waals surface area contributed by atoms with Gasteiger partial charge >= 0.3 is 11.9 Å². The molecule has 1 heterocycles. The molecule has 0 aliphatic rings. The van der Waals surface area contributed by atoms with E-state index in [0.717, 1.165) is 11.6 Å². The first-order valence-corrected chi connectivity index (χ1v) is 7.26. The van der Waals surface area contributed by atoms with Gasteiger partial charge in [-0.3, -0.25) is 18.7 Å². The van der Waals surface area contributed by atoms with Crippen molar-refractivity contribution in [3.8, 4) is 0 Å². The highest BCUT2D eigenvalue weighted by atomic mass is 19.4. The lowest BCUT2D eigenvalue weighted by Crippen LogP contribution is -2.42. The highest BCUT2D eigenvalue weighted by Gasteiger charge is 2.34. The van der Waals surface area contributed by atoms with Crippen molar-refractivity contribution in [2.24, 2.45) is 7.05 Å². The number of nitrogens with one attached hydrogen (secondary N) is 1. The van der Waals surface area contributed by atoms with Crippen molar-refractivity contribution in [2.45, 2.75) is 26.6 Å². The Bertz CT molecular complexity index is 942. The maximum Gasteiger partial charge on any atom is 0.431 e. The topological polar surface area (TPSA) is 73.1 Å². The third-order valence-electron chi connectivity index (χ3n) is 3.78. The van der Waals surface area contributed by atoms with Crippen molar-refractivity contribution >= 4 is 11.6 Å². The van der Waals surface area contributed by atoms with E-state index in [0.29, 0.717) is 27.4 Å². The molecule has 0 atom stereocenters. The minimum atomic E-state index is -4.80. The lowest BCUT2D eigenvalue weighted by Gasteiger charge is -2.15. The third-order valence-corrected chi connectivity index (χ3v) is 3.78. The summed E-state index contributed by atoms with van der Waals surface area (Å²) in [6, 6.07) is 5.29. The monoisotopic (exact) mass is 355 g/mol. The van der Waals surface area contributed by atoms with Gasteiger partial charge in [-0.25, -0.2) is 4.79 Å². The number of benzene rings is 1. The van der Waals surface area contributed by atoms with Crippen LogP contribution in [0.2, 0.25) is 0 Å². The van der Waals surface area contributed by atoms with Crippen LogP contribution >= 0.6 is 0 Å². The Morgan fingerprint density at radius 2 is 1.88 bits per heavy atom.